The molecule has 1 unspecified atom stereocenters. The third-order valence-electron chi connectivity index (χ3n) is 6.67. The van der Waals surface area contributed by atoms with Crippen LogP contribution in [0.2, 0.25) is 0 Å². The van der Waals surface area contributed by atoms with E-state index in [1.807, 2.05) is 77.3 Å². The molecule has 3 aromatic rings. The second-order valence-corrected chi connectivity index (χ2v) is 12.8. The fraction of sp³-hybridized carbons (Fsp3) is 0.355. The van der Waals surface area contributed by atoms with Crippen LogP contribution in [0.4, 0.5) is 5.69 Å². The maximum absolute atomic E-state index is 14.1. The largest absolute Gasteiger partial charge is 0.352 e. The van der Waals surface area contributed by atoms with E-state index in [0.717, 1.165) is 25.9 Å². The standard InChI is InChI=1S/C31H39N3O4S2/c1-7-29(31(36)32-22(2)3)33(20-25-11-9-8-10-24(25)5)30(35)21-34(26-14-12-23(4)13-15-26)40(37,38)28-18-16-27(39-6)17-19-28/h8-19,22,29H,7,20-21H2,1-6H3,(H,32,36). The lowest BCUT2D eigenvalue weighted by atomic mass is 10.1. The smallest absolute Gasteiger partial charge is 0.264 e. The van der Waals surface area contributed by atoms with Gasteiger partial charge >= 0.3 is 0 Å². The first-order valence-electron chi connectivity index (χ1n) is 13.4. The van der Waals surface area contributed by atoms with Crippen molar-refractivity contribution in [3.05, 3.63) is 89.5 Å². The Morgan fingerprint density at radius 3 is 2.10 bits per heavy atom. The monoisotopic (exact) mass is 581 g/mol. The van der Waals surface area contributed by atoms with Gasteiger partial charge in [-0.15, -0.1) is 11.8 Å². The SMILES string of the molecule is CCC(C(=O)NC(C)C)N(Cc1ccccc1C)C(=O)CN(c1ccc(C)cc1)S(=O)(=O)c1ccc(SC)cc1. The highest BCUT2D eigenvalue weighted by atomic mass is 32.2. The van der Waals surface area contributed by atoms with E-state index in [1.54, 1.807) is 36.4 Å². The molecule has 214 valence electrons. The molecule has 1 atom stereocenters. The molecular formula is C31H39N3O4S2. The molecule has 3 rings (SSSR count). The van der Waals surface area contributed by atoms with Crippen LogP contribution in [0, 0.1) is 13.8 Å². The number of carbonyl (C=O) groups excluding carboxylic acids is 2. The van der Waals surface area contributed by atoms with Gasteiger partial charge in [-0.25, -0.2) is 8.42 Å². The zero-order valence-corrected chi connectivity index (χ0v) is 25.7. The van der Waals surface area contributed by atoms with Crippen molar-refractivity contribution in [1.82, 2.24) is 10.2 Å². The first kappa shape index (κ1) is 31.2. The van der Waals surface area contributed by atoms with Crippen LogP contribution in [-0.4, -0.2) is 50.0 Å². The number of anilines is 1. The van der Waals surface area contributed by atoms with Gasteiger partial charge < -0.3 is 10.2 Å². The van der Waals surface area contributed by atoms with E-state index in [0.29, 0.717) is 12.1 Å². The number of hydrogen-bond acceptors (Lipinski definition) is 5. The molecule has 0 aromatic heterocycles. The van der Waals surface area contributed by atoms with Gasteiger partial charge in [-0.1, -0.05) is 48.9 Å². The van der Waals surface area contributed by atoms with E-state index in [4.69, 9.17) is 0 Å². The highest BCUT2D eigenvalue weighted by Gasteiger charge is 2.34. The first-order chi connectivity index (χ1) is 19.0. The minimum absolute atomic E-state index is 0.0914. The molecule has 3 aromatic carbocycles. The van der Waals surface area contributed by atoms with E-state index in [-0.39, 0.29) is 23.4 Å². The maximum Gasteiger partial charge on any atom is 0.264 e. The molecule has 0 saturated heterocycles. The average Bonchev–Trinajstić information content (AvgIpc) is 2.92. The molecule has 0 fully saturated rings. The minimum atomic E-state index is -4.10. The quantitative estimate of drug-likeness (QED) is 0.283. The maximum atomic E-state index is 14.1. The molecule has 2 amide bonds. The Labute approximate surface area is 243 Å². The van der Waals surface area contributed by atoms with E-state index in [9.17, 15) is 18.0 Å². The molecule has 0 aliphatic heterocycles. The van der Waals surface area contributed by atoms with Gasteiger partial charge in [0, 0.05) is 17.5 Å². The summed E-state index contributed by atoms with van der Waals surface area (Å²) in [6.45, 7) is 9.18. The third-order valence-corrected chi connectivity index (χ3v) is 9.20. The Morgan fingerprint density at radius 2 is 1.55 bits per heavy atom. The lowest BCUT2D eigenvalue weighted by Gasteiger charge is -2.34. The predicted octanol–water partition coefficient (Wildman–Crippen LogP) is 5.55. The van der Waals surface area contributed by atoms with E-state index in [1.165, 1.54) is 16.7 Å². The third kappa shape index (κ3) is 7.67. The number of amides is 2. The van der Waals surface area contributed by atoms with Gasteiger partial charge in [0.05, 0.1) is 10.6 Å². The van der Waals surface area contributed by atoms with Crippen LogP contribution in [0.15, 0.2) is 82.6 Å². The Balaban J connectivity index is 2.07. The zero-order chi connectivity index (χ0) is 29.4. The van der Waals surface area contributed by atoms with Crippen LogP contribution in [0.3, 0.4) is 0 Å². The van der Waals surface area contributed by atoms with Gasteiger partial charge in [0.1, 0.15) is 12.6 Å². The molecule has 0 saturated carbocycles. The van der Waals surface area contributed by atoms with Gasteiger partial charge in [-0.2, -0.15) is 0 Å². The van der Waals surface area contributed by atoms with Crippen molar-refractivity contribution >= 4 is 39.3 Å². The Kier molecular flexibility index (Phi) is 10.8. The summed E-state index contributed by atoms with van der Waals surface area (Å²) in [7, 11) is -4.10. The van der Waals surface area contributed by atoms with Crippen molar-refractivity contribution in [2.75, 3.05) is 17.1 Å². The number of hydrogen-bond donors (Lipinski definition) is 1. The lowest BCUT2D eigenvalue weighted by molar-refractivity contribution is -0.140. The first-order valence-corrected chi connectivity index (χ1v) is 16.0. The summed E-state index contributed by atoms with van der Waals surface area (Å²) in [5.41, 5.74) is 3.22. The second kappa shape index (κ2) is 13.9. The summed E-state index contributed by atoms with van der Waals surface area (Å²) < 4.78 is 29.1. The Bertz CT molecular complexity index is 1410. The van der Waals surface area contributed by atoms with Crippen LogP contribution in [-0.2, 0) is 26.2 Å². The molecule has 7 nitrogen and oxygen atoms in total. The van der Waals surface area contributed by atoms with Crippen molar-refractivity contribution < 1.29 is 18.0 Å². The van der Waals surface area contributed by atoms with Gasteiger partial charge in [0.25, 0.3) is 10.0 Å². The van der Waals surface area contributed by atoms with Gasteiger partial charge in [-0.3, -0.25) is 13.9 Å². The summed E-state index contributed by atoms with van der Waals surface area (Å²) in [4.78, 5) is 29.9. The van der Waals surface area contributed by atoms with Crippen molar-refractivity contribution in [2.45, 2.75) is 69.5 Å². The number of carbonyl (C=O) groups is 2. The number of thioether (sulfide) groups is 1. The van der Waals surface area contributed by atoms with Crippen LogP contribution in [0.1, 0.15) is 43.9 Å². The van der Waals surface area contributed by atoms with Crippen LogP contribution in [0.25, 0.3) is 0 Å². The molecule has 0 heterocycles. The van der Waals surface area contributed by atoms with Crippen molar-refractivity contribution in [1.29, 1.82) is 0 Å². The minimum Gasteiger partial charge on any atom is -0.352 e. The molecule has 40 heavy (non-hydrogen) atoms. The Hall–Kier alpha value is -3.30. The van der Waals surface area contributed by atoms with E-state index < -0.39 is 28.5 Å². The number of rotatable bonds is 12. The summed E-state index contributed by atoms with van der Waals surface area (Å²) in [6, 6.07) is 20.5. The number of nitrogens with zero attached hydrogens (tertiary/aromatic N) is 2. The molecule has 0 bridgehead atoms. The summed E-state index contributed by atoms with van der Waals surface area (Å²) in [5.74, 6) is -0.726. The second-order valence-electron chi connectivity index (χ2n) is 10.1. The molecular weight excluding hydrogens is 542 g/mol. The summed E-state index contributed by atoms with van der Waals surface area (Å²) in [5, 5.41) is 2.92. The van der Waals surface area contributed by atoms with Crippen molar-refractivity contribution in [3.63, 3.8) is 0 Å². The van der Waals surface area contributed by atoms with Crippen LogP contribution in [0.5, 0.6) is 0 Å². The van der Waals surface area contributed by atoms with Gasteiger partial charge in [0.2, 0.25) is 11.8 Å². The van der Waals surface area contributed by atoms with E-state index >= 15 is 0 Å². The molecule has 0 radical (unpaired) electrons. The number of sulfonamides is 1. The zero-order valence-electron chi connectivity index (χ0n) is 24.0. The number of aryl methyl sites for hydroxylation is 2. The highest BCUT2D eigenvalue weighted by molar-refractivity contribution is 7.98. The molecule has 9 heteroatoms. The Morgan fingerprint density at radius 1 is 0.925 bits per heavy atom. The van der Waals surface area contributed by atoms with Crippen molar-refractivity contribution in [2.24, 2.45) is 0 Å². The van der Waals surface area contributed by atoms with Gasteiger partial charge in [-0.05, 0) is 87.9 Å². The molecule has 0 spiro atoms. The summed E-state index contributed by atoms with van der Waals surface area (Å²) >= 11 is 1.52. The topological polar surface area (TPSA) is 86.8 Å². The molecule has 0 aliphatic rings. The fourth-order valence-electron chi connectivity index (χ4n) is 4.39. The van der Waals surface area contributed by atoms with E-state index in [2.05, 4.69) is 5.32 Å². The molecule has 1 N–H and O–H groups in total. The summed E-state index contributed by atoms with van der Waals surface area (Å²) in [6.07, 6.45) is 2.30. The van der Waals surface area contributed by atoms with Crippen LogP contribution < -0.4 is 9.62 Å². The van der Waals surface area contributed by atoms with Gasteiger partial charge in [0.15, 0.2) is 0 Å². The predicted molar refractivity (Wildman–Crippen MR) is 163 cm³/mol. The number of nitrogens with one attached hydrogen (secondary N) is 1. The average molecular weight is 582 g/mol. The fourth-order valence-corrected chi connectivity index (χ4v) is 6.21. The number of benzene rings is 3. The lowest BCUT2D eigenvalue weighted by Crippen LogP contribution is -2.53. The highest BCUT2D eigenvalue weighted by Crippen LogP contribution is 2.27. The van der Waals surface area contributed by atoms with Crippen LogP contribution >= 0.6 is 11.8 Å². The van der Waals surface area contributed by atoms with Crippen molar-refractivity contribution in [3.8, 4) is 0 Å². The molecule has 0 aliphatic carbocycles. The normalized spacial score (nSPS) is 12.2.